The predicted molar refractivity (Wildman–Crippen MR) is 94.6 cm³/mol. The second-order valence-electron chi connectivity index (χ2n) is 5.85. The third-order valence-electron chi connectivity index (χ3n) is 3.58. The van der Waals surface area contributed by atoms with E-state index in [9.17, 15) is 0 Å². The van der Waals surface area contributed by atoms with E-state index >= 15 is 0 Å². The van der Waals surface area contributed by atoms with Crippen LogP contribution in [0.3, 0.4) is 0 Å². The zero-order valence-electron chi connectivity index (χ0n) is 13.1. The van der Waals surface area contributed by atoms with Crippen molar-refractivity contribution in [2.24, 2.45) is 5.92 Å². The van der Waals surface area contributed by atoms with Gasteiger partial charge in [0.25, 0.3) is 0 Å². The standard InChI is InChI=1S/C19H24BrN/c1-4-21-19(17-7-5-6-8-18(17)20)16-11-9-15(10-12-16)13-14(2)3/h5-12,14,19,21H,4,13H2,1-3H3. The van der Waals surface area contributed by atoms with Crippen LogP contribution in [0, 0.1) is 5.92 Å². The summed E-state index contributed by atoms with van der Waals surface area (Å²) in [7, 11) is 0. The summed E-state index contributed by atoms with van der Waals surface area (Å²) in [6, 6.07) is 17.7. The maximum absolute atomic E-state index is 3.67. The molecule has 1 nitrogen and oxygen atoms in total. The number of nitrogens with one attached hydrogen (secondary N) is 1. The highest BCUT2D eigenvalue weighted by Crippen LogP contribution is 2.28. The van der Waals surface area contributed by atoms with Crippen molar-refractivity contribution in [2.75, 3.05) is 6.54 Å². The molecule has 0 radical (unpaired) electrons. The summed E-state index contributed by atoms with van der Waals surface area (Å²) in [5.41, 5.74) is 4.02. The van der Waals surface area contributed by atoms with E-state index < -0.39 is 0 Å². The number of hydrogen-bond acceptors (Lipinski definition) is 1. The Bertz CT molecular complexity index is 560. The molecule has 0 aliphatic rings. The molecule has 1 atom stereocenters. The van der Waals surface area contributed by atoms with Gasteiger partial charge < -0.3 is 5.32 Å². The van der Waals surface area contributed by atoms with E-state index in [0.29, 0.717) is 5.92 Å². The normalized spacial score (nSPS) is 12.6. The fourth-order valence-corrected chi connectivity index (χ4v) is 3.15. The SMILES string of the molecule is CCNC(c1ccc(CC(C)C)cc1)c1ccccc1Br. The first-order valence-electron chi connectivity index (χ1n) is 7.68. The van der Waals surface area contributed by atoms with Crippen LogP contribution in [-0.2, 0) is 6.42 Å². The third-order valence-corrected chi connectivity index (χ3v) is 4.30. The van der Waals surface area contributed by atoms with E-state index in [0.717, 1.165) is 17.4 Å². The molecule has 0 spiro atoms. The molecular weight excluding hydrogens is 322 g/mol. The summed E-state index contributed by atoms with van der Waals surface area (Å²) in [4.78, 5) is 0. The quantitative estimate of drug-likeness (QED) is 0.744. The third kappa shape index (κ3) is 4.42. The highest BCUT2D eigenvalue weighted by Gasteiger charge is 2.15. The Morgan fingerprint density at radius 1 is 1.00 bits per heavy atom. The Hall–Kier alpha value is -1.12. The van der Waals surface area contributed by atoms with Crippen LogP contribution in [0.1, 0.15) is 43.5 Å². The van der Waals surface area contributed by atoms with Gasteiger partial charge in [-0.1, -0.05) is 79.2 Å². The minimum Gasteiger partial charge on any atom is -0.306 e. The number of hydrogen-bond donors (Lipinski definition) is 1. The molecule has 0 aliphatic heterocycles. The Labute approximate surface area is 136 Å². The maximum atomic E-state index is 3.67. The van der Waals surface area contributed by atoms with Crippen LogP contribution in [-0.4, -0.2) is 6.54 Å². The van der Waals surface area contributed by atoms with Gasteiger partial charge in [0.1, 0.15) is 0 Å². The summed E-state index contributed by atoms with van der Waals surface area (Å²) < 4.78 is 1.15. The summed E-state index contributed by atoms with van der Waals surface area (Å²) in [5, 5.41) is 3.59. The molecule has 0 bridgehead atoms. The van der Waals surface area contributed by atoms with E-state index in [1.165, 1.54) is 16.7 Å². The van der Waals surface area contributed by atoms with Gasteiger partial charge in [-0.05, 0) is 41.6 Å². The van der Waals surface area contributed by atoms with Crippen LogP contribution in [0.4, 0.5) is 0 Å². The molecule has 0 saturated heterocycles. The lowest BCUT2D eigenvalue weighted by molar-refractivity contribution is 0.626. The molecule has 0 saturated carbocycles. The lowest BCUT2D eigenvalue weighted by Gasteiger charge is -2.20. The van der Waals surface area contributed by atoms with Gasteiger partial charge >= 0.3 is 0 Å². The van der Waals surface area contributed by atoms with Gasteiger partial charge in [0.05, 0.1) is 6.04 Å². The summed E-state index contributed by atoms with van der Waals surface area (Å²) >= 11 is 3.67. The molecule has 2 heteroatoms. The fraction of sp³-hybridized carbons (Fsp3) is 0.368. The average Bonchev–Trinajstić information content (AvgIpc) is 2.46. The molecule has 0 aromatic heterocycles. The van der Waals surface area contributed by atoms with Crippen LogP contribution >= 0.6 is 15.9 Å². The van der Waals surface area contributed by atoms with Crippen molar-refractivity contribution in [3.8, 4) is 0 Å². The maximum Gasteiger partial charge on any atom is 0.0587 e. The molecule has 21 heavy (non-hydrogen) atoms. The van der Waals surface area contributed by atoms with Crippen LogP contribution in [0.5, 0.6) is 0 Å². The molecule has 0 heterocycles. The van der Waals surface area contributed by atoms with E-state index in [2.05, 4.69) is 90.5 Å². The Morgan fingerprint density at radius 3 is 2.24 bits per heavy atom. The molecule has 0 aliphatic carbocycles. The Balaban J connectivity index is 2.28. The summed E-state index contributed by atoms with van der Waals surface area (Å²) in [5.74, 6) is 0.698. The van der Waals surface area contributed by atoms with Gasteiger partial charge in [0.15, 0.2) is 0 Å². The van der Waals surface area contributed by atoms with Crippen molar-refractivity contribution in [1.29, 1.82) is 0 Å². The first-order valence-corrected chi connectivity index (χ1v) is 8.47. The molecular formula is C19H24BrN. The molecule has 1 N–H and O–H groups in total. The Kier molecular flexibility index (Phi) is 6.01. The van der Waals surface area contributed by atoms with Crippen LogP contribution in [0.2, 0.25) is 0 Å². The second kappa shape index (κ2) is 7.77. The first-order chi connectivity index (χ1) is 10.1. The topological polar surface area (TPSA) is 12.0 Å². The molecule has 0 fully saturated rings. The minimum atomic E-state index is 0.235. The zero-order valence-corrected chi connectivity index (χ0v) is 14.7. The fourth-order valence-electron chi connectivity index (χ4n) is 2.64. The summed E-state index contributed by atoms with van der Waals surface area (Å²) in [6.07, 6.45) is 1.14. The van der Waals surface area contributed by atoms with Gasteiger partial charge in [-0.3, -0.25) is 0 Å². The van der Waals surface area contributed by atoms with E-state index in [1.807, 2.05) is 0 Å². The van der Waals surface area contributed by atoms with Crippen molar-refractivity contribution in [3.63, 3.8) is 0 Å². The molecule has 2 aromatic rings. The molecule has 2 aromatic carbocycles. The van der Waals surface area contributed by atoms with Crippen molar-refractivity contribution in [2.45, 2.75) is 33.2 Å². The molecule has 1 unspecified atom stereocenters. The summed E-state index contributed by atoms with van der Waals surface area (Å²) in [6.45, 7) is 7.61. The van der Waals surface area contributed by atoms with Gasteiger partial charge in [-0.2, -0.15) is 0 Å². The van der Waals surface area contributed by atoms with Crippen LogP contribution in [0.15, 0.2) is 53.0 Å². The van der Waals surface area contributed by atoms with E-state index in [4.69, 9.17) is 0 Å². The molecule has 112 valence electrons. The van der Waals surface area contributed by atoms with Crippen LogP contribution in [0.25, 0.3) is 0 Å². The number of halogens is 1. The minimum absolute atomic E-state index is 0.235. The number of benzene rings is 2. The van der Waals surface area contributed by atoms with E-state index in [-0.39, 0.29) is 6.04 Å². The number of rotatable bonds is 6. The lowest BCUT2D eigenvalue weighted by atomic mass is 9.95. The first kappa shape index (κ1) is 16.3. The highest BCUT2D eigenvalue weighted by molar-refractivity contribution is 9.10. The Morgan fingerprint density at radius 2 is 1.67 bits per heavy atom. The zero-order chi connectivity index (χ0) is 15.2. The van der Waals surface area contributed by atoms with Crippen molar-refractivity contribution in [1.82, 2.24) is 5.32 Å². The molecule has 0 amide bonds. The van der Waals surface area contributed by atoms with Crippen LogP contribution < -0.4 is 5.32 Å². The predicted octanol–water partition coefficient (Wildman–Crippen LogP) is 5.35. The average molecular weight is 346 g/mol. The lowest BCUT2D eigenvalue weighted by Crippen LogP contribution is -2.22. The van der Waals surface area contributed by atoms with Crippen molar-refractivity contribution >= 4 is 15.9 Å². The van der Waals surface area contributed by atoms with Gasteiger partial charge in [0.2, 0.25) is 0 Å². The largest absolute Gasteiger partial charge is 0.306 e. The van der Waals surface area contributed by atoms with Gasteiger partial charge in [-0.15, -0.1) is 0 Å². The van der Waals surface area contributed by atoms with E-state index in [1.54, 1.807) is 0 Å². The van der Waals surface area contributed by atoms with Gasteiger partial charge in [-0.25, -0.2) is 0 Å². The monoisotopic (exact) mass is 345 g/mol. The van der Waals surface area contributed by atoms with Crippen molar-refractivity contribution in [3.05, 3.63) is 69.7 Å². The van der Waals surface area contributed by atoms with Gasteiger partial charge in [0, 0.05) is 4.47 Å². The molecule has 2 rings (SSSR count). The van der Waals surface area contributed by atoms with Crippen molar-refractivity contribution < 1.29 is 0 Å². The smallest absolute Gasteiger partial charge is 0.0587 e. The highest BCUT2D eigenvalue weighted by atomic mass is 79.9. The second-order valence-corrected chi connectivity index (χ2v) is 6.71.